The normalized spacial score (nSPS) is 11.7. The Morgan fingerprint density at radius 2 is 1.89 bits per heavy atom. The van der Waals surface area contributed by atoms with Crippen LogP contribution in [0.3, 0.4) is 0 Å². The van der Waals surface area contributed by atoms with Crippen molar-refractivity contribution in [2.75, 3.05) is 0 Å². The van der Waals surface area contributed by atoms with Gasteiger partial charge in [0.05, 0.1) is 4.88 Å². The molecule has 0 aromatic carbocycles. The van der Waals surface area contributed by atoms with Gasteiger partial charge >= 0.3 is 5.97 Å². The van der Waals surface area contributed by atoms with Gasteiger partial charge in [-0.1, -0.05) is 5.92 Å². The van der Waals surface area contributed by atoms with Crippen LogP contribution in [-0.2, 0) is 4.79 Å². The standard InChI is InChI=1S/C13H10O3S2/c1-2-3-8-4-5-9(17-8)10-6-7-11(18-10)12(14)13(15)16/h4-7,12,14H,1H3,(H,15,16)/t12-/m1/s1. The first-order valence-electron chi connectivity index (χ1n) is 5.15. The molecular formula is C13H10O3S2. The number of aliphatic hydroxyl groups excluding tert-OH is 1. The van der Waals surface area contributed by atoms with Crippen molar-refractivity contribution >= 4 is 28.6 Å². The number of carboxylic acid groups (broad SMARTS) is 1. The Kier molecular flexibility index (Phi) is 3.82. The highest BCUT2D eigenvalue weighted by molar-refractivity contribution is 7.22. The highest BCUT2D eigenvalue weighted by atomic mass is 32.1. The van der Waals surface area contributed by atoms with Crippen molar-refractivity contribution < 1.29 is 15.0 Å². The second-order valence-electron chi connectivity index (χ2n) is 3.48. The fraction of sp³-hybridized carbons (Fsp3) is 0.154. The van der Waals surface area contributed by atoms with E-state index in [1.165, 1.54) is 11.3 Å². The Labute approximate surface area is 112 Å². The number of rotatable bonds is 3. The zero-order valence-electron chi connectivity index (χ0n) is 9.51. The van der Waals surface area contributed by atoms with E-state index in [1.54, 1.807) is 24.3 Å². The van der Waals surface area contributed by atoms with Crippen LogP contribution >= 0.6 is 22.7 Å². The third-order valence-electron chi connectivity index (χ3n) is 2.23. The molecule has 2 aromatic heterocycles. The first kappa shape index (κ1) is 12.8. The summed E-state index contributed by atoms with van der Waals surface area (Å²) < 4.78 is 0. The van der Waals surface area contributed by atoms with Gasteiger partial charge in [-0.2, -0.15) is 0 Å². The van der Waals surface area contributed by atoms with Gasteiger partial charge in [-0.25, -0.2) is 4.79 Å². The van der Waals surface area contributed by atoms with Crippen LogP contribution in [0, 0.1) is 11.8 Å². The van der Waals surface area contributed by atoms with Gasteiger partial charge in [0.15, 0.2) is 6.10 Å². The van der Waals surface area contributed by atoms with E-state index < -0.39 is 12.1 Å². The molecule has 0 aliphatic carbocycles. The molecule has 0 radical (unpaired) electrons. The average molecular weight is 278 g/mol. The number of hydrogen-bond acceptors (Lipinski definition) is 4. The minimum Gasteiger partial charge on any atom is -0.479 e. The summed E-state index contributed by atoms with van der Waals surface area (Å²) >= 11 is 2.84. The average Bonchev–Trinajstić information content (AvgIpc) is 2.96. The molecule has 0 amide bonds. The second-order valence-corrected chi connectivity index (χ2v) is 5.68. The van der Waals surface area contributed by atoms with Crippen LogP contribution in [-0.4, -0.2) is 16.2 Å². The minimum atomic E-state index is -1.45. The third-order valence-corrected chi connectivity index (χ3v) is 4.56. The summed E-state index contributed by atoms with van der Waals surface area (Å²) in [6.45, 7) is 1.78. The highest BCUT2D eigenvalue weighted by Gasteiger charge is 2.18. The number of hydrogen-bond donors (Lipinski definition) is 2. The molecular weight excluding hydrogens is 268 g/mol. The van der Waals surface area contributed by atoms with Crippen LogP contribution in [0.2, 0.25) is 0 Å². The van der Waals surface area contributed by atoms with E-state index in [2.05, 4.69) is 11.8 Å². The van der Waals surface area contributed by atoms with E-state index in [0.29, 0.717) is 4.88 Å². The summed E-state index contributed by atoms with van der Waals surface area (Å²) in [4.78, 5) is 14.1. The maximum atomic E-state index is 10.7. The summed E-state index contributed by atoms with van der Waals surface area (Å²) in [7, 11) is 0. The van der Waals surface area contributed by atoms with Crippen LogP contribution in [0.25, 0.3) is 9.75 Å². The molecule has 3 nitrogen and oxygen atoms in total. The van der Waals surface area contributed by atoms with Gasteiger partial charge in [-0.3, -0.25) is 0 Å². The Hall–Kier alpha value is -1.61. The molecule has 0 unspecified atom stereocenters. The van der Waals surface area contributed by atoms with Crippen LogP contribution in [0.5, 0.6) is 0 Å². The molecule has 0 fully saturated rings. The summed E-state index contributed by atoms with van der Waals surface area (Å²) in [5.74, 6) is 4.58. The van der Waals surface area contributed by atoms with Gasteiger partial charge in [-0.15, -0.1) is 28.6 Å². The van der Waals surface area contributed by atoms with E-state index in [-0.39, 0.29) is 0 Å². The summed E-state index contributed by atoms with van der Waals surface area (Å²) in [5.41, 5.74) is 0. The number of carboxylic acids is 1. The van der Waals surface area contributed by atoms with Crippen molar-refractivity contribution in [1.29, 1.82) is 0 Å². The smallest absolute Gasteiger partial charge is 0.338 e. The van der Waals surface area contributed by atoms with E-state index >= 15 is 0 Å². The number of aliphatic hydroxyl groups is 1. The molecule has 2 heterocycles. The molecule has 92 valence electrons. The van der Waals surface area contributed by atoms with E-state index in [1.807, 2.05) is 18.2 Å². The molecule has 0 spiro atoms. The lowest BCUT2D eigenvalue weighted by molar-refractivity contribution is -0.146. The lowest BCUT2D eigenvalue weighted by Crippen LogP contribution is -2.08. The van der Waals surface area contributed by atoms with Crippen molar-refractivity contribution in [3.05, 3.63) is 34.0 Å². The minimum absolute atomic E-state index is 0.439. The zero-order chi connectivity index (χ0) is 13.1. The monoisotopic (exact) mass is 278 g/mol. The Balaban J connectivity index is 2.28. The molecule has 0 saturated carbocycles. The molecule has 2 rings (SSSR count). The first-order valence-corrected chi connectivity index (χ1v) is 6.78. The van der Waals surface area contributed by atoms with Crippen molar-refractivity contribution in [2.24, 2.45) is 0 Å². The Morgan fingerprint density at radius 1 is 1.22 bits per heavy atom. The molecule has 0 bridgehead atoms. The molecule has 2 N–H and O–H groups in total. The summed E-state index contributed by atoms with van der Waals surface area (Å²) in [5, 5.41) is 18.2. The lowest BCUT2D eigenvalue weighted by Gasteiger charge is -1.99. The van der Waals surface area contributed by atoms with Crippen molar-refractivity contribution in [2.45, 2.75) is 13.0 Å². The number of thiophene rings is 2. The van der Waals surface area contributed by atoms with Gasteiger partial charge in [-0.05, 0) is 31.2 Å². The lowest BCUT2D eigenvalue weighted by atomic mass is 10.3. The maximum Gasteiger partial charge on any atom is 0.338 e. The predicted octanol–water partition coefficient (Wildman–Crippen LogP) is 2.97. The van der Waals surface area contributed by atoms with E-state index in [0.717, 1.165) is 14.6 Å². The predicted molar refractivity (Wildman–Crippen MR) is 72.8 cm³/mol. The summed E-state index contributed by atoms with van der Waals surface area (Å²) in [6, 6.07) is 7.35. The molecule has 1 atom stereocenters. The van der Waals surface area contributed by atoms with Crippen LogP contribution < -0.4 is 0 Å². The van der Waals surface area contributed by atoms with Crippen molar-refractivity contribution in [1.82, 2.24) is 0 Å². The van der Waals surface area contributed by atoms with Crippen LogP contribution in [0.1, 0.15) is 22.8 Å². The third kappa shape index (κ3) is 2.62. The SMILES string of the molecule is CC#Cc1ccc(-c2ccc([C@@H](O)C(=O)O)s2)s1. The first-order chi connectivity index (χ1) is 8.61. The molecule has 0 aliphatic heterocycles. The van der Waals surface area contributed by atoms with Crippen LogP contribution in [0.4, 0.5) is 0 Å². The van der Waals surface area contributed by atoms with E-state index in [4.69, 9.17) is 5.11 Å². The summed E-state index contributed by atoms with van der Waals surface area (Å²) in [6.07, 6.45) is -1.45. The Morgan fingerprint density at radius 3 is 2.56 bits per heavy atom. The highest BCUT2D eigenvalue weighted by Crippen LogP contribution is 2.35. The molecule has 5 heteroatoms. The fourth-order valence-corrected chi connectivity index (χ4v) is 3.40. The largest absolute Gasteiger partial charge is 0.479 e. The Bertz CT molecular complexity index is 628. The molecule has 0 saturated heterocycles. The topological polar surface area (TPSA) is 57.5 Å². The molecule has 18 heavy (non-hydrogen) atoms. The number of aliphatic carboxylic acids is 1. The van der Waals surface area contributed by atoms with Gasteiger partial charge in [0.1, 0.15) is 0 Å². The van der Waals surface area contributed by atoms with Crippen molar-refractivity contribution in [3.63, 3.8) is 0 Å². The second kappa shape index (κ2) is 5.36. The van der Waals surface area contributed by atoms with Gasteiger partial charge < -0.3 is 10.2 Å². The molecule has 2 aromatic rings. The van der Waals surface area contributed by atoms with Gasteiger partial charge in [0.25, 0.3) is 0 Å². The maximum absolute atomic E-state index is 10.7. The van der Waals surface area contributed by atoms with Gasteiger partial charge in [0, 0.05) is 14.6 Å². The molecule has 0 aliphatic rings. The van der Waals surface area contributed by atoms with E-state index in [9.17, 15) is 9.90 Å². The quantitative estimate of drug-likeness (QED) is 0.849. The zero-order valence-corrected chi connectivity index (χ0v) is 11.1. The van der Waals surface area contributed by atoms with Gasteiger partial charge in [0.2, 0.25) is 0 Å². The van der Waals surface area contributed by atoms with Crippen molar-refractivity contribution in [3.8, 4) is 21.6 Å². The van der Waals surface area contributed by atoms with Crippen LogP contribution in [0.15, 0.2) is 24.3 Å². The number of carbonyl (C=O) groups is 1. The fourth-order valence-electron chi connectivity index (χ4n) is 1.41.